The third-order valence-corrected chi connectivity index (χ3v) is 3.14. The standard InChI is InChI=1S/C13H14ClNO5/c1-7-4-3-5-8(11(7)14)12(17)15-9(13(18)19)6-10(16)20-2/h3-5,9H,6H2,1-2H3,(H,15,17)(H,18,19)/t9-/m0/s1. The van der Waals surface area contributed by atoms with Crippen molar-refractivity contribution < 1.29 is 24.2 Å². The Morgan fingerprint density at radius 3 is 2.60 bits per heavy atom. The summed E-state index contributed by atoms with van der Waals surface area (Å²) in [6, 6.07) is 3.46. The van der Waals surface area contributed by atoms with Crippen molar-refractivity contribution in [3.63, 3.8) is 0 Å². The van der Waals surface area contributed by atoms with Gasteiger partial charge in [-0.25, -0.2) is 4.79 Å². The van der Waals surface area contributed by atoms with Gasteiger partial charge in [0.25, 0.3) is 5.91 Å². The molecule has 0 fully saturated rings. The summed E-state index contributed by atoms with van der Waals surface area (Å²) < 4.78 is 4.38. The van der Waals surface area contributed by atoms with Crippen LogP contribution in [0.1, 0.15) is 22.3 Å². The molecule has 1 rings (SSSR count). The highest BCUT2D eigenvalue weighted by molar-refractivity contribution is 6.34. The van der Waals surface area contributed by atoms with Gasteiger partial charge < -0.3 is 15.2 Å². The average molecular weight is 300 g/mol. The topological polar surface area (TPSA) is 92.7 Å². The summed E-state index contributed by atoms with van der Waals surface area (Å²) in [7, 11) is 1.14. The lowest BCUT2D eigenvalue weighted by atomic mass is 10.1. The van der Waals surface area contributed by atoms with Gasteiger partial charge >= 0.3 is 11.9 Å². The Kier molecular flexibility index (Phi) is 5.52. The van der Waals surface area contributed by atoms with E-state index < -0.39 is 30.3 Å². The number of carbonyl (C=O) groups excluding carboxylic acids is 2. The van der Waals surface area contributed by atoms with Crippen molar-refractivity contribution in [2.45, 2.75) is 19.4 Å². The number of nitrogens with one attached hydrogen (secondary N) is 1. The molecule has 1 aromatic carbocycles. The molecule has 1 aromatic rings. The summed E-state index contributed by atoms with van der Waals surface area (Å²) in [5, 5.41) is 11.5. The molecule has 0 aliphatic carbocycles. The molecule has 0 bridgehead atoms. The zero-order valence-electron chi connectivity index (χ0n) is 11.0. The molecular weight excluding hydrogens is 286 g/mol. The van der Waals surface area contributed by atoms with Crippen molar-refractivity contribution >= 4 is 29.4 Å². The second-order valence-corrected chi connectivity index (χ2v) is 4.46. The first-order valence-electron chi connectivity index (χ1n) is 5.72. The van der Waals surface area contributed by atoms with Gasteiger partial charge in [0.15, 0.2) is 0 Å². The Bertz CT molecular complexity index is 544. The van der Waals surface area contributed by atoms with Crippen molar-refractivity contribution in [3.8, 4) is 0 Å². The van der Waals surface area contributed by atoms with E-state index in [0.717, 1.165) is 7.11 Å². The van der Waals surface area contributed by atoms with Gasteiger partial charge in [-0.3, -0.25) is 9.59 Å². The molecule has 0 saturated carbocycles. The normalized spacial score (nSPS) is 11.6. The number of aliphatic carboxylic acids is 1. The molecular formula is C13H14ClNO5. The third-order valence-electron chi connectivity index (χ3n) is 2.64. The number of ether oxygens (including phenoxy) is 1. The van der Waals surface area contributed by atoms with Crippen molar-refractivity contribution in [1.82, 2.24) is 5.32 Å². The highest BCUT2D eigenvalue weighted by Crippen LogP contribution is 2.20. The number of halogens is 1. The molecule has 0 radical (unpaired) electrons. The molecule has 0 aliphatic heterocycles. The van der Waals surface area contributed by atoms with Crippen molar-refractivity contribution in [2.75, 3.05) is 7.11 Å². The molecule has 0 aliphatic rings. The van der Waals surface area contributed by atoms with Crippen LogP contribution in [0.5, 0.6) is 0 Å². The lowest BCUT2D eigenvalue weighted by Crippen LogP contribution is -2.42. The van der Waals surface area contributed by atoms with E-state index in [1.807, 2.05) is 0 Å². The first-order chi connectivity index (χ1) is 9.36. The van der Waals surface area contributed by atoms with Gasteiger partial charge in [-0.05, 0) is 18.6 Å². The molecule has 1 amide bonds. The van der Waals surface area contributed by atoms with Crippen LogP contribution in [-0.2, 0) is 14.3 Å². The quantitative estimate of drug-likeness (QED) is 0.802. The van der Waals surface area contributed by atoms with E-state index in [4.69, 9.17) is 16.7 Å². The van der Waals surface area contributed by atoms with E-state index in [1.165, 1.54) is 6.07 Å². The van der Waals surface area contributed by atoms with Crippen LogP contribution in [0.2, 0.25) is 5.02 Å². The minimum atomic E-state index is -1.37. The van der Waals surface area contributed by atoms with E-state index >= 15 is 0 Å². The summed E-state index contributed by atoms with van der Waals surface area (Å²) in [6.45, 7) is 1.72. The molecule has 108 valence electrons. The first-order valence-corrected chi connectivity index (χ1v) is 6.10. The number of aryl methyl sites for hydroxylation is 1. The number of amides is 1. The summed E-state index contributed by atoms with van der Waals surface area (Å²) in [5.74, 6) is -2.71. The molecule has 0 unspecified atom stereocenters. The van der Waals surface area contributed by atoms with E-state index in [2.05, 4.69) is 10.1 Å². The Labute approximate surface area is 120 Å². The van der Waals surface area contributed by atoms with E-state index in [9.17, 15) is 14.4 Å². The maximum atomic E-state index is 12.0. The van der Waals surface area contributed by atoms with Crippen LogP contribution in [0.4, 0.5) is 0 Å². The number of hydrogen-bond acceptors (Lipinski definition) is 4. The number of rotatable bonds is 5. The van der Waals surface area contributed by atoms with Crippen molar-refractivity contribution in [2.24, 2.45) is 0 Å². The maximum absolute atomic E-state index is 12.0. The van der Waals surface area contributed by atoms with Crippen LogP contribution in [0, 0.1) is 6.92 Å². The van der Waals surface area contributed by atoms with Gasteiger partial charge in [0.2, 0.25) is 0 Å². The predicted octanol–water partition coefficient (Wildman–Crippen LogP) is 1.39. The van der Waals surface area contributed by atoms with Gasteiger partial charge in [0, 0.05) is 0 Å². The number of hydrogen-bond donors (Lipinski definition) is 2. The van der Waals surface area contributed by atoms with Crippen molar-refractivity contribution in [3.05, 3.63) is 34.3 Å². The van der Waals surface area contributed by atoms with E-state index in [0.29, 0.717) is 5.56 Å². The lowest BCUT2D eigenvalue weighted by Gasteiger charge is -2.14. The zero-order valence-corrected chi connectivity index (χ0v) is 11.7. The minimum absolute atomic E-state index is 0.155. The fourth-order valence-electron chi connectivity index (χ4n) is 1.51. The molecule has 7 heteroatoms. The minimum Gasteiger partial charge on any atom is -0.480 e. The number of carboxylic acid groups (broad SMARTS) is 1. The molecule has 6 nitrogen and oxygen atoms in total. The lowest BCUT2D eigenvalue weighted by molar-refractivity contribution is -0.147. The van der Waals surface area contributed by atoms with Crippen LogP contribution >= 0.6 is 11.6 Å². The Morgan fingerprint density at radius 1 is 1.40 bits per heavy atom. The first kappa shape index (κ1) is 16.0. The zero-order chi connectivity index (χ0) is 15.3. The molecule has 1 atom stereocenters. The number of carboxylic acids is 1. The van der Waals surface area contributed by atoms with Crippen LogP contribution in [0.15, 0.2) is 18.2 Å². The number of benzene rings is 1. The summed E-state index contributed by atoms with van der Waals surface area (Å²) in [6.07, 6.45) is -0.457. The summed E-state index contributed by atoms with van der Waals surface area (Å²) in [4.78, 5) is 34.1. The fourth-order valence-corrected chi connectivity index (χ4v) is 1.72. The second-order valence-electron chi connectivity index (χ2n) is 4.08. The maximum Gasteiger partial charge on any atom is 0.326 e. The second kappa shape index (κ2) is 6.91. The van der Waals surface area contributed by atoms with E-state index in [1.54, 1.807) is 19.1 Å². The predicted molar refractivity (Wildman–Crippen MR) is 71.7 cm³/mol. The molecule has 2 N–H and O–H groups in total. The van der Waals surface area contributed by atoms with Crippen molar-refractivity contribution in [1.29, 1.82) is 0 Å². The molecule has 0 saturated heterocycles. The molecule has 0 spiro atoms. The van der Waals surface area contributed by atoms with Crippen LogP contribution in [0.25, 0.3) is 0 Å². The smallest absolute Gasteiger partial charge is 0.326 e. The fraction of sp³-hybridized carbons (Fsp3) is 0.308. The molecule has 0 aromatic heterocycles. The Hall–Kier alpha value is -2.08. The van der Waals surface area contributed by atoms with Gasteiger partial charge in [0.1, 0.15) is 6.04 Å². The largest absolute Gasteiger partial charge is 0.480 e. The Balaban J connectivity index is 2.88. The number of esters is 1. The monoisotopic (exact) mass is 299 g/mol. The SMILES string of the molecule is COC(=O)C[C@H](NC(=O)c1cccc(C)c1Cl)C(=O)O. The van der Waals surface area contributed by atoms with Crippen LogP contribution < -0.4 is 5.32 Å². The number of carbonyl (C=O) groups is 3. The van der Waals surface area contributed by atoms with Crippen LogP contribution in [-0.4, -0.2) is 36.1 Å². The highest BCUT2D eigenvalue weighted by atomic mass is 35.5. The van der Waals surface area contributed by atoms with Gasteiger partial charge in [-0.2, -0.15) is 0 Å². The molecule has 0 heterocycles. The summed E-state index contributed by atoms with van der Waals surface area (Å²) >= 11 is 5.98. The Morgan fingerprint density at radius 2 is 2.05 bits per heavy atom. The summed E-state index contributed by atoms with van der Waals surface area (Å²) in [5.41, 5.74) is 0.849. The van der Waals surface area contributed by atoms with Gasteiger partial charge in [0.05, 0.1) is 24.1 Å². The molecule has 20 heavy (non-hydrogen) atoms. The van der Waals surface area contributed by atoms with Gasteiger partial charge in [-0.15, -0.1) is 0 Å². The average Bonchev–Trinajstić information content (AvgIpc) is 2.40. The van der Waals surface area contributed by atoms with E-state index in [-0.39, 0.29) is 10.6 Å². The van der Waals surface area contributed by atoms with Crippen LogP contribution in [0.3, 0.4) is 0 Å². The van der Waals surface area contributed by atoms with Gasteiger partial charge in [-0.1, -0.05) is 23.7 Å². The number of methoxy groups -OCH3 is 1. The highest BCUT2D eigenvalue weighted by Gasteiger charge is 2.25. The third kappa shape index (κ3) is 3.96.